The summed E-state index contributed by atoms with van der Waals surface area (Å²) < 4.78 is 0. The number of nitrogens with one attached hydrogen (secondary N) is 1. The van der Waals surface area contributed by atoms with E-state index in [1.54, 1.807) is 6.20 Å². The Bertz CT molecular complexity index is 434. The zero-order chi connectivity index (χ0) is 15.0. The highest BCUT2D eigenvalue weighted by molar-refractivity contribution is 5.83. The molecule has 0 bridgehead atoms. The molecule has 1 aromatic rings. The second-order valence-corrected chi connectivity index (χ2v) is 4.84. The van der Waals surface area contributed by atoms with E-state index in [0.717, 1.165) is 12.2 Å². The number of likely N-dealkylation sites (N-methyl/N-ethyl adjacent to an activating group) is 1. The van der Waals surface area contributed by atoms with E-state index in [1.807, 2.05) is 37.2 Å². The first-order chi connectivity index (χ1) is 9.49. The Labute approximate surface area is 119 Å². The molecular formula is C14H22N4O2. The molecule has 0 aliphatic carbocycles. The van der Waals surface area contributed by atoms with Crippen LogP contribution in [-0.2, 0) is 16.1 Å². The number of amides is 2. The summed E-state index contributed by atoms with van der Waals surface area (Å²) >= 11 is 0. The van der Waals surface area contributed by atoms with Crippen LogP contribution in [-0.4, -0.2) is 60.3 Å². The lowest BCUT2D eigenvalue weighted by Gasteiger charge is -2.22. The SMILES string of the molecule is CC(=O)N(CCN(C)C)CC(=O)NCc1ccccn1. The van der Waals surface area contributed by atoms with Crippen molar-refractivity contribution in [2.45, 2.75) is 13.5 Å². The van der Waals surface area contributed by atoms with Gasteiger partial charge in [-0.15, -0.1) is 0 Å². The van der Waals surface area contributed by atoms with E-state index in [-0.39, 0.29) is 18.4 Å². The van der Waals surface area contributed by atoms with Gasteiger partial charge < -0.3 is 15.1 Å². The van der Waals surface area contributed by atoms with Gasteiger partial charge in [0.05, 0.1) is 18.8 Å². The predicted molar refractivity (Wildman–Crippen MR) is 76.9 cm³/mol. The minimum absolute atomic E-state index is 0.0794. The van der Waals surface area contributed by atoms with Gasteiger partial charge in [-0.05, 0) is 26.2 Å². The largest absolute Gasteiger partial charge is 0.349 e. The summed E-state index contributed by atoms with van der Waals surface area (Å²) in [5, 5.41) is 2.76. The maximum absolute atomic E-state index is 11.8. The average Bonchev–Trinajstić information content (AvgIpc) is 2.41. The molecule has 110 valence electrons. The fourth-order valence-electron chi connectivity index (χ4n) is 1.59. The van der Waals surface area contributed by atoms with Crippen LogP contribution in [0.2, 0.25) is 0 Å². The zero-order valence-electron chi connectivity index (χ0n) is 12.3. The molecule has 0 unspecified atom stereocenters. The number of rotatable bonds is 7. The number of nitrogens with zero attached hydrogens (tertiary/aromatic N) is 3. The average molecular weight is 278 g/mol. The van der Waals surface area contributed by atoms with Gasteiger partial charge in [0.1, 0.15) is 0 Å². The minimum Gasteiger partial charge on any atom is -0.349 e. The molecule has 6 nitrogen and oxygen atoms in total. The van der Waals surface area contributed by atoms with Gasteiger partial charge >= 0.3 is 0 Å². The second kappa shape index (κ2) is 8.27. The molecule has 0 aliphatic rings. The third-order valence-corrected chi connectivity index (χ3v) is 2.79. The number of carbonyl (C=O) groups excluding carboxylic acids is 2. The van der Waals surface area contributed by atoms with Crippen LogP contribution in [0.25, 0.3) is 0 Å². The van der Waals surface area contributed by atoms with Crippen molar-refractivity contribution in [3.63, 3.8) is 0 Å². The van der Waals surface area contributed by atoms with E-state index in [4.69, 9.17) is 0 Å². The Morgan fingerprint density at radius 3 is 2.55 bits per heavy atom. The fourth-order valence-corrected chi connectivity index (χ4v) is 1.59. The van der Waals surface area contributed by atoms with Gasteiger partial charge in [0.25, 0.3) is 0 Å². The number of aromatic nitrogens is 1. The van der Waals surface area contributed by atoms with Crippen LogP contribution in [0.5, 0.6) is 0 Å². The molecule has 1 rings (SSSR count). The predicted octanol–water partition coefficient (Wildman–Crippen LogP) is 0.108. The van der Waals surface area contributed by atoms with Gasteiger partial charge in [0, 0.05) is 26.2 Å². The molecule has 0 fully saturated rings. The van der Waals surface area contributed by atoms with Crippen molar-refractivity contribution in [2.24, 2.45) is 0 Å². The van der Waals surface area contributed by atoms with E-state index in [2.05, 4.69) is 10.3 Å². The first kappa shape index (κ1) is 16.1. The lowest BCUT2D eigenvalue weighted by atomic mass is 10.3. The van der Waals surface area contributed by atoms with Crippen LogP contribution < -0.4 is 5.32 Å². The summed E-state index contributed by atoms with van der Waals surface area (Å²) in [6.07, 6.45) is 1.68. The Balaban J connectivity index is 2.40. The summed E-state index contributed by atoms with van der Waals surface area (Å²) in [6.45, 7) is 3.20. The van der Waals surface area contributed by atoms with Crippen LogP contribution in [0.3, 0.4) is 0 Å². The van der Waals surface area contributed by atoms with E-state index in [0.29, 0.717) is 13.1 Å². The van der Waals surface area contributed by atoms with Crippen molar-refractivity contribution >= 4 is 11.8 Å². The lowest BCUT2D eigenvalue weighted by Crippen LogP contribution is -2.42. The number of pyridine rings is 1. The molecule has 1 aromatic heterocycles. The summed E-state index contributed by atoms with van der Waals surface area (Å²) in [5.41, 5.74) is 0.795. The molecule has 2 amide bonds. The Kier molecular flexibility index (Phi) is 6.66. The van der Waals surface area contributed by atoms with Crippen molar-refractivity contribution in [1.29, 1.82) is 0 Å². The third-order valence-electron chi connectivity index (χ3n) is 2.79. The fraction of sp³-hybridized carbons (Fsp3) is 0.500. The van der Waals surface area contributed by atoms with Crippen molar-refractivity contribution in [1.82, 2.24) is 20.1 Å². The summed E-state index contributed by atoms with van der Waals surface area (Å²) in [5.74, 6) is -0.274. The van der Waals surface area contributed by atoms with E-state index in [1.165, 1.54) is 11.8 Å². The van der Waals surface area contributed by atoms with Crippen molar-refractivity contribution in [3.05, 3.63) is 30.1 Å². The second-order valence-electron chi connectivity index (χ2n) is 4.84. The van der Waals surface area contributed by atoms with Crippen molar-refractivity contribution in [3.8, 4) is 0 Å². The standard InChI is InChI=1S/C14H22N4O2/c1-12(19)18(9-8-17(2)3)11-14(20)16-10-13-6-4-5-7-15-13/h4-7H,8-11H2,1-3H3,(H,16,20). The highest BCUT2D eigenvalue weighted by atomic mass is 16.2. The molecule has 0 aliphatic heterocycles. The Morgan fingerprint density at radius 1 is 1.25 bits per heavy atom. The van der Waals surface area contributed by atoms with Gasteiger partial charge in [-0.1, -0.05) is 6.07 Å². The van der Waals surface area contributed by atoms with Crippen LogP contribution in [0.4, 0.5) is 0 Å². The van der Waals surface area contributed by atoms with Crippen LogP contribution in [0.1, 0.15) is 12.6 Å². The first-order valence-corrected chi connectivity index (χ1v) is 6.56. The van der Waals surface area contributed by atoms with Crippen LogP contribution in [0.15, 0.2) is 24.4 Å². The molecule has 1 heterocycles. The van der Waals surface area contributed by atoms with Crippen molar-refractivity contribution in [2.75, 3.05) is 33.7 Å². The molecule has 20 heavy (non-hydrogen) atoms. The maximum atomic E-state index is 11.8. The minimum atomic E-state index is -0.176. The normalized spacial score (nSPS) is 10.4. The van der Waals surface area contributed by atoms with Gasteiger partial charge in [-0.2, -0.15) is 0 Å². The third kappa shape index (κ3) is 6.29. The van der Waals surface area contributed by atoms with Crippen LogP contribution >= 0.6 is 0 Å². The number of carbonyl (C=O) groups is 2. The topological polar surface area (TPSA) is 65.5 Å². The lowest BCUT2D eigenvalue weighted by molar-refractivity contribution is -0.134. The quantitative estimate of drug-likeness (QED) is 0.769. The molecule has 6 heteroatoms. The Morgan fingerprint density at radius 2 is 2.00 bits per heavy atom. The van der Waals surface area contributed by atoms with Crippen molar-refractivity contribution < 1.29 is 9.59 Å². The first-order valence-electron chi connectivity index (χ1n) is 6.56. The van der Waals surface area contributed by atoms with Crippen LogP contribution in [0, 0.1) is 0 Å². The van der Waals surface area contributed by atoms with Gasteiger partial charge in [0.15, 0.2) is 0 Å². The highest BCUT2D eigenvalue weighted by Gasteiger charge is 2.13. The monoisotopic (exact) mass is 278 g/mol. The number of hydrogen-bond acceptors (Lipinski definition) is 4. The van der Waals surface area contributed by atoms with Gasteiger partial charge in [0.2, 0.25) is 11.8 Å². The molecule has 0 atom stereocenters. The maximum Gasteiger partial charge on any atom is 0.239 e. The van der Waals surface area contributed by atoms with Gasteiger partial charge in [-0.3, -0.25) is 14.6 Å². The van der Waals surface area contributed by atoms with E-state index in [9.17, 15) is 9.59 Å². The van der Waals surface area contributed by atoms with E-state index < -0.39 is 0 Å². The summed E-state index contributed by atoms with van der Waals surface area (Å²) in [4.78, 5) is 30.9. The van der Waals surface area contributed by atoms with E-state index >= 15 is 0 Å². The highest BCUT2D eigenvalue weighted by Crippen LogP contribution is 1.94. The molecular weight excluding hydrogens is 256 g/mol. The Hall–Kier alpha value is -1.95. The summed E-state index contributed by atoms with van der Waals surface area (Å²) in [6, 6.07) is 5.53. The molecule has 0 radical (unpaired) electrons. The van der Waals surface area contributed by atoms with Gasteiger partial charge in [-0.25, -0.2) is 0 Å². The molecule has 1 N–H and O–H groups in total. The smallest absolute Gasteiger partial charge is 0.239 e. The molecule has 0 saturated heterocycles. The zero-order valence-corrected chi connectivity index (χ0v) is 12.3. The summed E-state index contributed by atoms with van der Waals surface area (Å²) in [7, 11) is 3.86. The molecule has 0 saturated carbocycles. The molecule has 0 aromatic carbocycles. The number of hydrogen-bond donors (Lipinski definition) is 1. The molecule has 0 spiro atoms.